The number of carbonyl (C=O) groups is 1. The molecule has 0 aliphatic heterocycles. The number of ether oxygens (including phenoxy) is 2. The maximum atomic E-state index is 11.9. The summed E-state index contributed by atoms with van der Waals surface area (Å²) in [5.74, 6) is 0.0593. The third-order valence-corrected chi connectivity index (χ3v) is 4.66. The summed E-state index contributed by atoms with van der Waals surface area (Å²) >= 11 is 6.43. The van der Waals surface area contributed by atoms with Crippen LogP contribution < -0.4 is 4.74 Å². The first-order valence-electron chi connectivity index (χ1n) is 8.51. The molecule has 0 aliphatic rings. The van der Waals surface area contributed by atoms with E-state index in [9.17, 15) is 4.79 Å². The minimum atomic E-state index is -0.416. The van der Waals surface area contributed by atoms with Crippen molar-refractivity contribution in [3.63, 3.8) is 0 Å². The molecule has 0 amide bonds. The molecule has 0 atom stereocenters. The van der Waals surface area contributed by atoms with Gasteiger partial charge in [0.2, 0.25) is 0 Å². The second-order valence-electron chi connectivity index (χ2n) is 6.20. The highest BCUT2D eigenvalue weighted by atomic mass is 35.5. The monoisotopic (exact) mass is 393 g/mol. The van der Waals surface area contributed by atoms with Gasteiger partial charge in [0.25, 0.3) is 6.01 Å². The van der Waals surface area contributed by atoms with Gasteiger partial charge in [-0.1, -0.05) is 23.7 Å². The Balaban J connectivity index is 1.68. The van der Waals surface area contributed by atoms with Crippen LogP contribution in [0, 0.1) is 6.92 Å². The van der Waals surface area contributed by atoms with Crippen molar-refractivity contribution in [1.29, 1.82) is 0 Å². The van der Waals surface area contributed by atoms with Crippen LogP contribution in [0.1, 0.15) is 15.9 Å². The van der Waals surface area contributed by atoms with Crippen LogP contribution >= 0.6 is 11.6 Å². The third kappa shape index (κ3) is 3.42. The lowest BCUT2D eigenvalue weighted by molar-refractivity contribution is 0.0599. The van der Waals surface area contributed by atoms with Crippen LogP contribution in [0.25, 0.3) is 22.2 Å². The molecule has 1 N–H and O–H groups in total. The van der Waals surface area contributed by atoms with Gasteiger partial charge in [0, 0.05) is 23.5 Å². The summed E-state index contributed by atoms with van der Waals surface area (Å²) in [6.45, 7) is 1.83. The number of fused-ring (bicyclic) bond motifs is 1. The van der Waals surface area contributed by atoms with Crippen molar-refractivity contribution in [3.8, 4) is 22.9 Å². The molecule has 0 aliphatic carbocycles. The van der Waals surface area contributed by atoms with Crippen molar-refractivity contribution in [2.45, 2.75) is 6.92 Å². The molecule has 2 aromatic carbocycles. The van der Waals surface area contributed by atoms with Gasteiger partial charge >= 0.3 is 5.97 Å². The lowest BCUT2D eigenvalue weighted by Crippen LogP contribution is -2.04. The van der Waals surface area contributed by atoms with E-state index in [1.54, 1.807) is 36.7 Å². The maximum Gasteiger partial charge on any atom is 0.338 e. The lowest BCUT2D eigenvalue weighted by atomic mass is 10.1. The molecule has 0 radical (unpaired) electrons. The van der Waals surface area contributed by atoms with E-state index in [0.29, 0.717) is 27.9 Å². The smallest absolute Gasteiger partial charge is 0.338 e. The van der Waals surface area contributed by atoms with Crippen molar-refractivity contribution in [2.75, 3.05) is 7.11 Å². The molecule has 0 unspecified atom stereocenters. The van der Waals surface area contributed by atoms with Gasteiger partial charge in [0.1, 0.15) is 5.75 Å². The van der Waals surface area contributed by atoms with E-state index in [-0.39, 0.29) is 0 Å². The Hall–Kier alpha value is -3.38. The Labute approximate surface area is 166 Å². The number of pyridine rings is 1. The average Bonchev–Trinajstić information content (AvgIpc) is 3.09. The number of halogens is 1. The number of benzene rings is 2. The Bertz CT molecular complexity index is 1170. The van der Waals surface area contributed by atoms with E-state index in [2.05, 4.69) is 15.0 Å². The zero-order chi connectivity index (χ0) is 19.7. The zero-order valence-corrected chi connectivity index (χ0v) is 15.9. The number of carbonyl (C=O) groups excluding carboxylic acids is 1. The summed E-state index contributed by atoms with van der Waals surface area (Å²) < 4.78 is 10.6. The molecule has 28 heavy (non-hydrogen) atoms. The fourth-order valence-electron chi connectivity index (χ4n) is 2.90. The largest absolute Gasteiger partial charge is 0.465 e. The second-order valence-corrected chi connectivity index (χ2v) is 6.61. The fraction of sp³-hybridized carbons (Fsp3) is 0.0952. The Kier molecular flexibility index (Phi) is 4.71. The van der Waals surface area contributed by atoms with Crippen LogP contribution in [0.4, 0.5) is 0 Å². The molecule has 4 rings (SSSR count). The molecule has 0 saturated heterocycles. The van der Waals surface area contributed by atoms with Crippen molar-refractivity contribution in [3.05, 3.63) is 71.0 Å². The topological polar surface area (TPSA) is 77.1 Å². The summed E-state index contributed by atoms with van der Waals surface area (Å²) in [5, 5.41) is 0.582. The van der Waals surface area contributed by atoms with Crippen LogP contribution in [-0.2, 0) is 4.74 Å². The van der Waals surface area contributed by atoms with Crippen LogP contribution in [0.2, 0.25) is 5.02 Å². The highest BCUT2D eigenvalue weighted by Crippen LogP contribution is 2.32. The standard InChI is InChI=1S/C21H16ClN3O3/c1-12-5-6-14(8-15(12)20(26)27-2)28-21-24-18-9-16(13-4-3-7-23-11-13)17(22)10-19(18)25-21/h3-11H,1-2H3,(H,24,25). The highest BCUT2D eigenvalue weighted by molar-refractivity contribution is 6.34. The summed E-state index contributed by atoms with van der Waals surface area (Å²) in [4.78, 5) is 23.6. The summed E-state index contributed by atoms with van der Waals surface area (Å²) in [7, 11) is 1.35. The molecule has 0 saturated carbocycles. The van der Waals surface area contributed by atoms with Crippen LogP contribution in [0.5, 0.6) is 11.8 Å². The van der Waals surface area contributed by atoms with Crippen molar-refractivity contribution >= 4 is 28.6 Å². The number of methoxy groups -OCH3 is 1. The number of H-pyrrole nitrogens is 1. The number of hydrogen-bond acceptors (Lipinski definition) is 5. The van der Waals surface area contributed by atoms with E-state index in [4.69, 9.17) is 21.1 Å². The predicted octanol–water partition coefficient (Wildman–Crippen LogP) is 5.17. The SMILES string of the molecule is COC(=O)c1cc(Oc2nc3cc(-c4cccnc4)c(Cl)cc3[nH]2)ccc1C. The van der Waals surface area contributed by atoms with Gasteiger partial charge in [-0.3, -0.25) is 4.98 Å². The number of aryl methyl sites for hydroxylation is 1. The molecule has 7 heteroatoms. The van der Waals surface area contributed by atoms with E-state index in [0.717, 1.165) is 22.2 Å². The normalized spacial score (nSPS) is 10.8. The minimum absolute atomic E-state index is 0.300. The molecule has 140 valence electrons. The Morgan fingerprint density at radius 3 is 2.79 bits per heavy atom. The molecule has 0 spiro atoms. The predicted molar refractivity (Wildman–Crippen MR) is 107 cm³/mol. The Morgan fingerprint density at radius 1 is 1.18 bits per heavy atom. The van der Waals surface area contributed by atoms with Gasteiger partial charge in [-0.05, 0) is 42.8 Å². The first-order valence-corrected chi connectivity index (χ1v) is 8.89. The first kappa shape index (κ1) is 18.0. The third-order valence-electron chi connectivity index (χ3n) is 4.35. The molecule has 0 bridgehead atoms. The quantitative estimate of drug-likeness (QED) is 0.484. The lowest BCUT2D eigenvalue weighted by Gasteiger charge is -2.07. The van der Waals surface area contributed by atoms with E-state index < -0.39 is 5.97 Å². The number of imidazole rings is 1. The first-order chi connectivity index (χ1) is 13.5. The summed E-state index contributed by atoms with van der Waals surface area (Å²) in [6, 6.07) is 13.0. The molecule has 4 aromatic rings. The summed E-state index contributed by atoms with van der Waals surface area (Å²) in [6.07, 6.45) is 3.46. The number of aromatic nitrogens is 3. The van der Waals surface area contributed by atoms with Gasteiger partial charge < -0.3 is 14.5 Å². The minimum Gasteiger partial charge on any atom is -0.465 e. The Morgan fingerprint density at radius 2 is 2.04 bits per heavy atom. The molecule has 2 aromatic heterocycles. The van der Waals surface area contributed by atoms with E-state index in [1.165, 1.54) is 7.11 Å². The van der Waals surface area contributed by atoms with Crippen molar-refractivity contribution < 1.29 is 14.3 Å². The average molecular weight is 394 g/mol. The molecule has 6 nitrogen and oxygen atoms in total. The van der Waals surface area contributed by atoms with Crippen molar-refractivity contribution in [1.82, 2.24) is 15.0 Å². The number of nitrogens with one attached hydrogen (secondary N) is 1. The number of esters is 1. The molecule has 2 heterocycles. The maximum absolute atomic E-state index is 11.9. The number of hydrogen-bond donors (Lipinski definition) is 1. The van der Waals surface area contributed by atoms with Crippen LogP contribution in [0.15, 0.2) is 54.9 Å². The van der Waals surface area contributed by atoms with Gasteiger partial charge in [0.15, 0.2) is 0 Å². The van der Waals surface area contributed by atoms with Crippen molar-refractivity contribution in [2.24, 2.45) is 0 Å². The molecular formula is C21H16ClN3O3. The van der Waals surface area contributed by atoms with Gasteiger partial charge in [-0.15, -0.1) is 0 Å². The van der Waals surface area contributed by atoms with E-state index >= 15 is 0 Å². The zero-order valence-electron chi connectivity index (χ0n) is 15.2. The second kappa shape index (κ2) is 7.32. The summed E-state index contributed by atoms with van der Waals surface area (Å²) in [5.41, 5.74) is 4.44. The number of nitrogens with zero attached hydrogens (tertiary/aromatic N) is 2. The highest BCUT2D eigenvalue weighted by Gasteiger charge is 2.13. The van der Waals surface area contributed by atoms with Crippen LogP contribution in [0.3, 0.4) is 0 Å². The molecule has 0 fully saturated rings. The van der Waals surface area contributed by atoms with Gasteiger partial charge in [-0.2, -0.15) is 4.98 Å². The number of aromatic amines is 1. The fourth-order valence-corrected chi connectivity index (χ4v) is 3.18. The molecular weight excluding hydrogens is 378 g/mol. The van der Waals surface area contributed by atoms with Gasteiger partial charge in [-0.25, -0.2) is 4.79 Å². The van der Waals surface area contributed by atoms with Crippen LogP contribution in [-0.4, -0.2) is 28.0 Å². The number of rotatable bonds is 4. The van der Waals surface area contributed by atoms with E-state index in [1.807, 2.05) is 25.1 Å². The van der Waals surface area contributed by atoms with Gasteiger partial charge in [0.05, 0.1) is 28.7 Å².